The van der Waals surface area contributed by atoms with Gasteiger partial charge in [0.15, 0.2) is 0 Å². The number of fused-ring (bicyclic) bond motifs is 3. The van der Waals surface area contributed by atoms with E-state index >= 15 is 0 Å². The first kappa shape index (κ1) is 16.2. The van der Waals surface area contributed by atoms with Gasteiger partial charge in [-0.15, -0.1) is 0 Å². The van der Waals surface area contributed by atoms with E-state index in [4.69, 9.17) is 9.47 Å². The van der Waals surface area contributed by atoms with Crippen molar-refractivity contribution in [3.63, 3.8) is 0 Å². The first-order chi connectivity index (χ1) is 12.8. The predicted octanol–water partition coefficient (Wildman–Crippen LogP) is 6.29. The summed E-state index contributed by atoms with van der Waals surface area (Å²) in [6.45, 7) is 0. The number of hydrogen-bond acceptors (Lipinski definition) is 2. The van der Waals surface area contributed by atoms with Gasteiger partial charge in [-0.1, -0.05) is 54.6 Å². The van der Waals surface area contributed by atoms with Crippen LogP contribution < -0.4 is 4.74 Å². The van der Waals surface area contributed by atoms with E-state index in [1.807, 2.05) is 18.2 Å². The average Bonchev–Trinajstić information content (AvgIpc) is 2.71. The van der Waals surface area contributed by atoms with Crippen molar-refractivity contribution in [1.82, 2.24) is 0 Å². The van der Waals surface area contributed by atoms with Gasteiger partial charge >= 0.3 is 0 Å². The van der Waals surface area contributed by atoms with Gasteiger partial charge in [0.2, 0.25) is 0 Å². The Morgan fingerprint density at radius 3 is 2.19 bits per heavy atom. The Hall–Kier alpha value is -3.26. The summed E-state index contributed by atoms with van der Waals surface area (Å²) in [5.41, 5.74) is 3.42. The van der Waals surface area contributed by atoms with E-state index in [0.717, 1.165) is 16.9 Å². The molecular weight excluding hydrogens is 320 g/mol. The Morgan fingerprint density at radius 1 is 0.692 bits per heavy atom. The molecule has 0 heterocycles. The van der Waals surface area contributed by atoms with Crippen molar-refractivity contribution in [3.8, 4) is 16.9 Å². The fraction of sp³-hybridized carbons (Fsp3) is 0.0833. The molecular formula is C24H20O2. The fourth-order valence-electron chi connectivity index (χ4n) is 3.47. The minimum Gasteiger partial charge on any atom is -0.504 e. The molecule has 0 saturated heterocycles. The van der Waals surface area contributed by atoms with E-state index in [1.54, 1.807) is 20.5 Å². The van der Waals surface area contributed by atoms with E-state index < -0.39 is 0 Å². The van der Waals surface area contributed by atoms with Crippen LogP contribution in [-0.4, -0.2) is 14.2 Å². The summed E-state index contributed by atoms with van der Waals surface area (Å²) in [6, 6.07) is 25.5. The van der Waals surface area contributed by atoms with E-state index in [9.17, 15) is 0 Å². The van der Waals surface area contributed by atoms with Crippen LogP contribution in [0.5, 0.6) is 5.75 Å². The zero-order valence-corrected chi connectivity index (χ0v) is 14.9. The highest BCUT2D eigenvalue weighted by Crippen LogP contribution is 2.37. The van der Waals surface area contributed by atoms with Crippen molar-refractivity contribution in [1.29, 1.82) is 0 Å². The summed E-state index contributed by atoms with van der Waals surface area (Å²) >= 11 is 0. The third-order valence-corrected chi connectivity index (χ3v) is 4.70. The van der Waals surface area contributed by atoms with Crippen LogP contribution in [0.2, 0.25) is 0 Å². The molecule has 4 rings (SSSR count). The van der Waals surface area contributed by atoms with E-state index in [-0.39, 0.29) is 0 Å². The normalized spacial score (nSPS) is 11.3. The molecule has 26 heavy (non-hydrogen) atoms. The molecule has 0 unspecified atom stereocenters. The van der Waals surface area contributed by atoms with Crippen molar-refractivity contribution in [2.75, 3.05) is 14.2 Å². The van der Waals surface area contributed by atoms with Gasteiger partial charge in [0.1, 0.15) is 5.75 Å². The molecule has 0 aliphatic heterocycles. The molecule has 0 aromatic heterocycles. The van der Waals surface area contributed by atoms with Gasteiger partial charge in [0.25, 0.3) is 0 Å². The summed E-state index contributed by atoms with van der Waals surface area (Å²) in [7, 11) is 3.34. The van der Waals surface area contributed by atoms with Gasteiger partial charge in [0, 0.05) is 0 Å². The number of hydrogen-bond donors (Lipinski definition) is 0. The Morgan fingerprint density at radius 2 is 1.42 bits per heavy atom. The maximum atomic E-state index is 5.41. The third kappa shape index (κ3) is 2.80. The van der Waals surface area contributed by atoms with E-state index in [0.29, 0.717) is 0 Å². The quantitative estimate of drug-likeness (QED) is 0.321. The summed E-state index contributed by atoms with van der Waals surface area (Å²) in [5, 5.41) is 5.01. The van der Waals surface area contributed by atoms with E-state index in [1.165, 1.54) is 27.1 Å². The maximum Gasteiger partial charge on any atom is 0.119 e. The van der Waals surface area contributed by atoms with Crippen molar-refractivity contribution in [2.45, 2.75) is 0 Å². The molecule has 0 atom stereocenters. The van der Waals surface area contributed by atoms with Crippen LogP contribution in [0.15, 0.2) is 79.1 Å². The van der Waals surface area contributed by atoms with Gasteiger partial charge in [-0.2, -0.15) is 0 Å². The van der Waals surface area contributed by atoms with E-state index in [2.05, 4.69) is 60.7 Å². The zero-order valence-electron chi connectivity index (χ0n) is 14.9. The second kappa shape index (κ2) is 6.93. The van der Waals surface area contributed by atoms with Gasteiger partial charge < -0.3 is 9.47 Å². The highest BCUT2D eigenvalue weighted by molar-refractivity contribution is 6.14. The third-order valence-electron chi connectivity index (χ3n) is 4.70. The highest BCUT2D eigenvalue weighted by atomic mass is 16.5. The molecule has 0 aliphatic carbocycles. The lowest BCUT2D eigenvalue weighted by molar-refractivity contribution is 0.341. The lowest BCUT2D eigenvalue weighted by Gasteiger charge is -2.14. The fourth-order valence-corrected chi connectivity index (χ4v) is 3.47. The van der Waals surface area contributed by atoms with Crippen molar-refractivity contribution >= 4 is 27.6 Å². The number of methoxy groups -OCH3 is 2. The standard InChI is InChI=1S/C24H20O2/c1-25-14-13-18-15-19(26-2)11-12-21(18)24-16-17-7-3-4-8-20(17)22-9-5-6-10-23(22)24/h3-16H,1-2H3/b14-13+. The maximum absolute atomic E-state index is 5.41. The van der Waals surface area contributed by atoms with Crippen LogP contribution in [0.4, 0.5) is 0 Å². The van der Waals surface area contributed by atoms with Crippen molar-refractivity contribution in [3.05, 3.63) is 84.6 Å². The monoisotopic (exact) mass is 340 g/mol. The molecule has 2 heteroatoms. The predicted molar refractivity (Wildman–Crippen MR) is 109 cm³/mol. The van der Waals surface area contributed by atoms with Crippen LogP contribution in [0, 0.1) is 0 Å². The molecule has 0 radical (unpaired) electrons. The topological polar surface area (TPSA) is 18.5 Å². The molecule has 128 valence electrons. The average molecular weight is 340 g/mol. The lowest BCUT2D eigenvalue weighted by Crippen LogP contribution is -1.90. The Balaban J connectivity index is 2.06. The SMILES string of the molecule is CO/C=C/c1cc(OC)ccc1-c1cc2ccccc2c2ccccc12. The summed E-state index contributed by atoms with van der Waals surface area (Å²) in [5.74, 6) is 0.828. The largest absolute Gasteiger partial charge is 0.504 e. The molecule has 0 saturated carbocycles. The van der Waals surface area contributed by atoms with Crippen molar-refractivity contribution in [2.24, 2.45) is 0 Å². The Labute approximate surface area is 153 Å². The summed E-state index contributed by atoms with van der Waals surface area (Å²) < 4.78 is 10.6. The molecule has 0 fully saturated rings. The summed E-state index contributed by atoms with van der Waals surface area (Å²) in [4.78, 5) is 0. The van der Waals surface area contributed by atoms with Gasteiger partial charge in [-0.25, -0.2) is 0 Å². The molecule has 4 aromatic rings. The second-order valence-electron chi connectivity index (χ2n) is 6.18. The van der Waals surface area contributed by atoms with Gasteiger partial charge in [-0.05, 0) is 62.5 Å². The Bertz CT molecular complexity index is 1110. The van der Waals surface area contributed by atoms with Gasteiger partial charge in [0.05, 0.1) is 20.5 Å². The second-order valence-corrected chi connectivity index (χ2v) is 6.18. The molecule has 4 aromatic carbocycles. The number of rotatable bonds is 4. The molecule has 0 aliphatic rings. The van der Waals surface area contributed by atoms with Crippen LogP contribution in [0.1, 0.15) is 5.56 Å². The van der Waals surface area contributed by atoms with Gasteiger partial charge in [-0.3, -0.25) is 0 Å². The first-order valence-corrected chi connectivity index (χ1v) is 8.60. The van der Waals surface area contributed by atoms with Crippen LogP contribution >= 0.6 is 0 Å². The molecule has 2 nitrogen and oxygen atoms in total. The van der Waals surface area contributed by atoms with Crippen molar-refractivity contribution < 1.29 is 9.47 Å². The Kier molecular flexibility index (Phi) is 4.32. The highest BCUT2D eigenvalue weighted by Gasteiger charge is 2.11. The van der Waals surface area contributed by atoms with Crippen LogP contribution in [0.25, 0.3) is 38.7 Å². The molecule has 0 N–H and O–H groups in total. The number of ether oxygens (including phenoxy) is 2. The van der Waals surface area contributed by atoms with Crippen LogP contribution in [-0.2, 0) is 4.74 Å². The molecule has 0 bridgehead atoms. The first-order valence-electron chi connectivity index (χ1n) is 8.60. The van der Waals surface area contributed by atoms with Crippen LogP contribution in [0.3, 0.4) is 0 Å². The summed E-state index contributed by atoms with van der Waals surface area (Å²) in [6.07, 6.45) is 3.67. The minimum absolute atomic E-state index is 0.828. The minimum atomic E-state index is 0.828. The lowest BCUT2D eigenvalue weighted by atomic mass is 9.91. The molecule has 0 amide bonds. The molecule has 0 spiro atoms. The smallest absolute Gasteiger partial charge is 0.119 e. The zero-order chi connectivity index (χ0) is 17.9. The number of benzene rings is 4.